The first kappa shape index (κ1) is 19.6. The van der Waals surface area contributed by atoms with Crippen LogP contribution >= 0.6 is 12.2 Å². The van der Waals surface area contributed by atoms with E-state index < -0.39 is 12.2 Å². The summed E-state index contributed by atoms with van der Waals surface area (Å²) in [6.07, 6.45) is 1.33. The molecule has 2 aromatic rings. The van der Waals surface area contributed by atoms with Gasteiger partial charge < -0.3 is 9.64 Å². The van der Waals surface area contributed by atoms with E-state index in [4.69, 9.17) is 17.5 Å². The highest BCUT2D eigenvalue weighted by Gasteiger charge is 2.50. The molecule has 1 saturated heterocycles. The first-order valence-electron chi connectivity index (χ1n) is 8.27. The van der Waals surface area contributed by atoms with E-state index in [0.717, 1.165) is 5.56 Å². The molecule has 144 valence electrons. The highest BCUT2D eigenvalue weighted by molar-refractivity contribution is 7.81. The van der Waals surface area contributed by atoms with Crippen molar-refractivity contribution in [2.24, 2.45) is 0 Å². The second-order valence-electron chi connectivity index (χ2n) is 6.66. The van der Waals surface area contributed by atoms with Gasteiger partial charge in [0.15, 0.2) is 5.11 Å². The SMILES string of the molecule is Cc1cc(N2C(=O)C(C)(C)N(c3ccc(OC(F)F)nc3)C2=S)ccc1C#N. The van der Waals surface area contributed by atoms with Gasteiger partial charge in [-0.2, -0.15) is 14.0 Å². The van der Waals surface area contributed by atoms with Crippen LogP contribution in [0.1, 0.15) is 25.0 Å². The molecule has 0 spiro atoms. The maximum absolute atomic E-state index is 13.1. The second kappa shape index (κ2) is 7.13. The van der Waals surface area contributed by atoms with Crippen molar-refractivity contribution >= 4 is 34.6 Å². The minimum Gasteiger partial charge on any atom is -0.417 e. The molecule has 0 bridgehead atoms. The van der Waals surface area contributed by atoms with Crippen LogP contribution in [0.3, 0.4) is 0 Å². The van der Waals surface area contributed by atoms with Crippen LogP contribution in [0.2, 0.25) is 0 Å². The molecule has 0 atom stereocenters. The number of thiocarbonyl (C=S) groups is 1. The van der Waals surface area contributed by atoms with Crippen LogP contribution in [-0.2, 0) is 4.79 Å². The Balaban J connectivity index is 1.98. The molecule has 3 rings (SSSR count). The van der Waals surface area contributed by atoms with Crippen LogP contribution < -0.4 is 14.5 Å². The lowest BCUT2D eigenvalue weighted by molar-refractivity contribution is -0.120. The molecular formula is C19H16F2N4O2S. The molecule has 6 nitrogen and oxygen atoms in total. The molecule has 0 saturated carbocycles. The average Bonchev–Trinajstić information content (AvgIpc) is 2.80. The minimum absolute atomic E-state index is 0.225. The van der Waals surface area contributed by atoms with Crippen molar-refractivity contribution < 1.29 is 18.3 Å². The molecule has 1 aromatic heterocycles. The zero-order valence-corrected chi connectivity index (χ0v) is 16.1. The smallest absolute Gasteiger partial charge is 0.388 e. The summed E-state index contributed by atoms with van der Waals surface area (Å²) < 4.78 is 28.9. The minimum atomic E-state index is -2.97. The van der Waals surface area contributed by atoms with Crippen molar-refractivity contribution in [3.63, 3.8) is 0 Å². The van der Waals surface area contributed by atoms with E-state index in [1.54, 1.807) is 43.9 Å². The summed E-state index contributed by atoms with van der Waals surface area (Å²) in [5.41, 5.74) is 1.23. The van der Waals surface area contributed by atoms with Crippen LogP contribution in [0.5, 0.6) is 5.88 Å². The molecule has 9 heteroatoms. The number of amides is 1. The third-order valence-corrected chi connectivity index (χ3v) is 4.81. The van der Waals surface area contributed by atoms with Crippen molar-refractivity contribution in [1.29, 1.82) is 5.26 Å². The lowest BCUT2D eigenvalue weighted by Crippen LogP contribution is -2.44. The van der Waals surface area contributed by atoms with Crippen LogP contribution in [0.25, 0.3) is 0 Å². The Labute approximate surface area is 165 Å². The predicted octanol–water partition coefficient (Wildman–Crippen LogP) is 3.78. The van der Waals surface area contributed by atoms with E-state index in [9.17, 15) is 13.6 Å². The van der Waals surface area contributed by atoms with Crippen molar-refractivity contribution in [3.05, 3.63) is 47.7 Å². The normalized spacial score (nSPS) is 15.9. The number of hydrogen-bond donors (Lipinski definition) is 0. The number of pyridine rings is 1. The Morgan fingerprint density at radius 3 is 2.46 bits per heavy atom. The fraction of sp³-hybridized carbons (Fsp3) is 0.263. The number of carbonyl (C=O) groups is 1. The largest absolute Gasteiger partial charge is 0.417 e. The van der Waals surface area contributed by atoms with Gasteiger partial charge in [-0.05, 0) is 62.8 Å². The molecule has 2 heterocycles. The number of halogens is 2. The first-order chi connectivity index (χ1) is 13.2. The van der Waals surface area contributed by atoms with Crippen LogP contribution in [0, 0.1) is 18.3 Å². The van der Waals surface area contributed by atoms with Crippen molar-refractivity contribution in [2.75, 3.05) is 9.80 Å². The summed E-state index contributed by atoms with van der Waals surface area (Å²) >= 11 is 5.55. The number of aromatic nitrogens is 1. The quantitative estimate of drug-likeness (QED) is 0.725. The summed E-state index contributed by atoms with van der Waals surface area (Å²) in [7, 11) is 0. The van der Waals surface area contributed by atoms with Crippen molar-refractivity contribution in [2.45, 2.75) is 32.9 Å². The van der Waals surface area contributed by atoms with Crippen molar-refractivity contribution in [3.8, 4) is 11.9 Å². The Morgan fingerprint density at radius 2 is 1.93 bits per heavy atom. The standard InChI is InChI=1S/C19H16F2N4O2S/c1-11-8-13(5-4-12(11)9-22)24-16(26)19(2,3)25(18(24)28)14-6-7-15(23-10-14)27-17(20)21/h4-8,10,17H,1-3H3. The van der Waals surface area contributed by atoms with Gasteiger partial charge in [0.25, 0.3) is 5.91 Å². The summed E-state index contributed by atoms with van der Waals surface area (Å²) in [5.74, 6) is -0.484. The maximum Gasteiger partial charge on any atom is 0.388 e. The van der Waals surface area contributed by atoms with Crippen LogP contribution in [0.4, 0.5) is 20.2 Å². The van der Waals surface area contributed by atoms with Gasteiger partial charge in [-0.3, -0.25) is 9.69 Å². The topological polar surface area (TPSA) is 69.5 Å². The molecule has 28 heavy (non-hydrogen) atoms. The van der Waals surface area contributed by atoms with Gasteiger partial charge in [-0.25, -0.2) is 4.98 Å². The molecule has 0 radical (unpaired) electrons. The van der Waals surface area contributed by atoms with Gasteiger partial charge in [-0.15, -0.1) is 0 Å². The molecule has 1 fully saturated rings. The van der Waals surface area contributed by atoms with Gasteiger partial charge in [0, 0.05) is 6.07 Å². The number of rotatable bonds is 4. The monoisotopic (exact) mass is 402 g/mol. The van der Waals surface area contributed by atoms with Gasteiger partial charge >= 0.3 is 6.61 Å². The van der Waals surface area contributed by atoms with Crippen LogP contribution in [0.15, 0.2) is 36.5 Å². The molecule has 0 unspecified atom stereocenters. The van der Waals surface area contributed by atoms with Gasteiger partial charge in [0.2, 0.25) is 5.88 Å². The number of nitrogens with zero attached hydrogens (tertiary/aromatic N) is 4. The van der Waals surface area contributed by atoms with E-state index >= 15 is 0 Å². The molecule has 0 N–H and O–H groups in total. The number of ether oxygens (including phenoxy) is 1. The average molecular weight is 402 g/mol. The molecule has 1 aromatic carbocycles. The second-order valence-corrected chi connectivity index (χ2v) is 7.03. The fourth-order valence-electron chi connectivity index (χ4n) is 3.03. The summed E-state index contributed by atoms with van der Waals surface area (Å²) in [5, 5.41) is 9.33. The van der Waals surface area contributed by atoms with Gasteiger partial charge in [0.05, 0.1) is 29.2 Å². The number of anilines is 2. The Bertz CT molecular complexity index is 986. The number of alkyl halides is 2. The molecule has 1 amide bonds. The van der Waals surface area contributed by atoms with E-state index in [1.165, 1.54) is 23.2 Å². The van der Waals surface area contributed by atoms with Gasteiger partial charge in [-0.1, -0.05) is 0 Å². The number of carbonyl (C=O) groups excluding carboxylic acids is 1. The summed E-state index contributed by atoms with van der Waals surface area (Å²) in [6, 6.07) is 9.90. The number of nitriles is 1. The third-order valence-electron chi connectivity index (χ3n) is 4.45. The molecule has 1 aliphatic heterocycles. The molecular weight excluding hydrogens is 386 g/mol. The molecule has 0 aliphatic carbocycles. The number of hydrogen-bond acceptors (Lipinski definition) is 5. The number of benzene rings is 1. The lowest BCUT2D eigenvalue weighted by Gasteiger charge is -2.29. The lowest BCUT2D eigenvalue weighted by atomic mass is 10.0. The van der Waals surface area contributed by atoms with E-state index in [2.05, 4.69) is 15.8 Å². The van der Waals surface area contributed by atoms with E-state index in [-0.39, 0.29) is 16.9 Å². The van der Waals surface area contributed by atoms with Crippen molar-refractivity contribution in [1.82, 2.24) is 4.98 Å². The predicted molar refractivity (Wildman–Crippen MR) is 103 cm³/mol. The summed E-state index contributed by atoms with van der Waals surface area (Å²) in [4.78, 5) is 19.9. The van der Waals surface area contributed by atoms with Crippen LogP contribution in [-0.4, -0.2) is 28.2 Å². The zero-order chi connectivity index (χ0) is 20.6. The van der Waals surface area contributed by atoms with E-state index in [0.29, 0.717) is 16.9 Å². The van der Waals surface area contributed by atoms with Gasteiger partial charge in [0.1, 0.15) is 5.54 Å². The Morgan fingerprint density at radius 1 is 1.25 bits per heavy atom. The first-order valence-corrected chi connectivity index (χ1v) is 8.68. The highest BCUT2D eigenvalue weighted by Crippen LogP contribution is 2.36. The van der Waals surface area contributed by atoms with E-state index in [1.807, 2.05) is 0 Å². The number of aryl methyl sites for hydroxylation is 1. The molecule has 1 aliphatic rings. The third kappa shape index (κ3) is 3.27. The highest BCUT2D eigenvalue weighted by atomic mass is 32.1. The Kier molecular flexibility index (Phi) is 5.00. The Hall–Kier alpha value is -3.12. The maximum atomic E-state index is 13.1. The zero-order valence-electron chi connectivity index (χ0n) is 15.3. The summed E-state index contributed by atoms with van der Waals surface area (Å²) in [6.45, 7) is 2.23. The fourth-order valence-corrected chi connectivity index (χ4v) is 3.56.